The van der Waals surface area contributed by atoms with E-state index in [2.05, 4.69) is 27.1 Å². The maximum absolute atomic E-state index is 12.3. The number of benzene rings is 1. The molecule has 0 atom stereocenters. The molecule has 8 heteroatoms. The normalized spacial score (nSPS) is 10.7. The van der Waals surface area contributed by atoms with Crippen LogP contribution >= 0.6 is 23.1 Å². The van der Waals surface area contributed by atoms with Crippen molar-refractivity contribution in [3.05, 3.63) is 53.1 Å². The van der Waals surface area contributed by atoms with Crippen LogP contribution < -0.4 is 5.32 Å². The van der Waals surface area contributed by atoms with Crippen molar-refractivity contribution in [3.63, 3.8) is 0 Å². The molecule has 0 bridgehead atoms. The fourth-order valence-corrected chi connectivity index (χ4v) is 3.80. The van der Waals surface area contributed by atoms with Gasteiger partial charge >= 0.3 is 0 Å². The van der Waals surface area contributed by atoms with Gasteiger partial charge in [0.25, 0.3) is 0 Å². The van der Waals surface area contributed by atoms with E-state index in [1.165, 1.54) is 11.8 Å². The van der Waals surface area contributed by atoms with Gasteiger partial charge in [0, 0.05) is 23.2 Å². The van der Waals surface area contributed by atoms with Crippen LogP contribution in [0.25, 0.3) is 11.3 Å². The molecule has 1 N–H and O–H groups in total. The predicted molar refractivity (Wildman–Crippen MR) is 107 cm³/mol. The van der Waals surface area contributed by atoms with E-state index in [0.29, 0.717) is 11.7 Å². The Morgan fingerprint density at radius 1 is 1.38 bits per heavy atom. The zero-order valence-corrected chi connectivity index (χ0v) is 16.2. The van der Waals surface area contributed by atoms with Crippen LogP contribution in [0.2, 0.25) is 0 Å². The van der Waals surface area contributed by atoms with Gasteiger partial charge in [-0.05, 0) is 26.0 Å². The molecule has 0 saturated heterocycles. The van der Waals surface area contributed by atoms with Crippen LogP contribution in [0.4, 0.5) is 5.69 Å². The Kier molecular flexibility index (Phi) is 5.85. The number of rotatable bonds is 7. The second-order valence-electron chi connectivity index (χ2n) is 5.60. The average Bonchev–Trinajstić information content (AvgIpc) is 3.21. The third-order valence-electron chi connectivity index (χ3n) is 3.61. The van der Waals surface area contributed by atoms with E-state index in [9.17, 15) is 4.79 Å². The number of hydrogen-bond acceptors (Lipinski definition) is 6. The van der Waals surface area contributed by atoms with Crippen molar-refractivity contribution in [1.29, 1.82) is 0 Å². The highest BCUT2D eigenvalue weighted by atomic mass is 32.2. The Balaban J connectivity index is 1.63. The lowest BCUT2D eigenvalue weighted by atomic mass is 10.1. The first-order valence-electron chi connectivity index (χ1n) is 8.02. The molecule has 0 aliphatic rings. The van der Waals surface area contributed by atoms with Crippen molar-refractivity contribution in [1.82, 2.24) is 19.7 Å². The first-order chi connectivity index (χ1) is 12.6. The molecule has 3 rings (SSSR count). The molecule has 2 aromatic heterocycles. The maximum Gasteiger partial charge on any atom is 0.234 e. The van der Waals surface area contributed by atoms with Crippen LogP contribution in [0, 0.1) is 13.8 Å². The first-order valence-corrected chi connectivity index (χ1v) is 9.89. The molecule has 3 aromatic rings. The summed E-state index contributed by atoms with van der Waals surface area (Å²) in [5, 5.41) is 14.8. The number of carbonyl (C=O) groups is 1. The van der Waals surface area contributed by atoms with Gasteiger partial charge in [0.1, 0.15) is 5.82 Å². The molecular formula is C18H19N5OS2. The summed E-state index contributed by atoms with van der Waals surface area (Å²) in [7, 11) is 0. The third-order valence-corrected chi connectivity index (χ3v) is 5.35. The molecule has 2 heterocycles. The van der Waals surface area contributed by atoms with Crippen LogP contribution in [0.1, 0.15) is 10.8 Å². The number of aromatic nitrogens is 4. The molecule has 6 nitrogen and oxygen atoms in total. The summed E-state index contributed by atoms with van der Waals surface area (Å²) < 4.78 is 1.93. The van der Waals surface area contributed by atoms with Crippen molar-refractivity contribution in [2.75, 3.05) is 11.1 Å². The number of amides is 1. The van der Waals surface area contributed by atoms with Crippen molar-refractivity contribution in [3.8, 4) is 11.3 Å². The Labute approximate surface area is 160 Å². The van der Waals surface area contributed by atoms with Gasteiger partial charge in [-0.15, -0.1) is 28.1 Å². The maximum atomic E-state index is 12.3. The molecule has 0 fully saturated rings. The summed E-state index contributed by atoms with van der Waals surface area (Å²) in [4.78, 5) is 16.8. The molecule has 0 radical (unpaired) electrons. The van der Waals surface area contributed by atoms with E-state index < -0.39 is 0 Å². The van der Waals surface area contributed by atoms with Crippen LogP contribution in [-0.4, -0.2) is 31.4 Å². The number of aryl methyl sites for hydroxylation is 2. The molecule has 1 amide bonds. The fraction of sp³-hybridized carbons (Fsp3) is 0.222. The predicted octanol–water partition coefficient (Wildman–Crippen LogP) is 3.94. The third kappa shape index (κ3) is 4.39. The Bertz CT molecular complexity index is 931. The van der Waals surface area contributed by atoms with Crippen molar-refractivity contribution in [2.45, 2.75) is 25.5 Å². The number of nitrogens with one attached hydrogen (secondary N) is 1. The lowest BCUT2D eigenvalue weighted by Crippen LogP contribution is -2.14. The minimum atomic E-state index is -0.0904. The molecule has 0 unspecified atom stereocenters. The van der Waals surface area contributed by atoms with E-state index in [4.69, 9.17) is 0 Å². The molecule has 134 valence electrons. The van der Waals surface area contributed by atoms with E-state index in [-0.39, 0.29) is 11.7 Å². The van der Waals surface area contributed by atoms with Gasteiger partial charge in [-0.3, -0.25) is 4.79 Å². The standard InChI is InChI=1S/C18H19N5OS2/c1-4-8-23-12(2)21-22-18(23)26-11-17(24)20-15-7-5-6-14(9-15)16-10-25-13(3)19-16/h4-7,9-10H,1,8,11H2,2-3H3,(H,20,24). The van der Waals surface area contributed by atoms with Crippen molar-refractivity contribution >= 4 is 34.7 Å². The lowest BCUT2D eigenvalue weighted by molar-refractivity contribution is -0.113. The molecule has 0 aliphatic carbocycles. The quantitative estimate of drug-likeness (QED) is 0.493. The number of allylic oxidation sites excluding steroid dienone is 1. The van der Waals surface area contributed by atoms with Crippen LogP contribution in [0.5, 0.6) is 0 Å². The van der Waals surface area contributed by atoms with Crippen molar-refractivity contribution < 1.29 is 4.79 Å². The van der Waals surface area contributed by atoms with Crippen LogP contribution in [0.3, 0.4) is 0 Å². The number of nitrogens with zero attached hydrogens (tertiary/aromatic N) is 4. The second kappa shape index (κ2) is 8.29. The molecule has 0 saturated carbocycles. The number of thioether (sulfide) groups is 1. The van der Waals surface area contributed by atoms with Gasteiger partial charge < -0.3 is 9.88 Å². The largest absolute Gasteiger partial charge is 0.325 e. The molecule has 0 spiro atoms. The van der Waals surface area contributed by atoms with Crippen LogP contribution in [-0.2, 0) is 11.3 Å². The topological polar surface area (TPSA) is 72.7 Å². The number of anilines is 1. The highest BCUT2D eigenvalue weighted by Crippen LogP contribution is 2.24. The van der Waals surface area contributed by atoms with E-state index >= 15 is 0 Å². The summed E-state index contributed by atoms with van der Waals surface area (Å²) in [5.41, 5.74) is 2.66. The van der Waals surface area contributed by atoms with Gasteiger partial charge in [0.05, 0.1) is 16.5 Å². The molecule has 0 aliphatic heterocycles. The molecule has 1 aromatic carbocycles. The monoisotopic (exact) mass is 385 g/mol. The summed E-state index contributed by atoms with van der Waals surface area (Å²) in [6.07, 6.45) is 1.78. The number of carbonyl (C=O) groups excluding carboxylic acids is 1. The van der Waals surface area contributed by atoms with Gasteiger partial charge in [-0.2, -0.15) is 0 Å². The van der Waals surface area contributed by atoms with E-state index in [0.717, 1.165) is 27.8 Å². The van der Waals surface area contributed by atoms with Gasteiger partial charge in [0.2, 0.25) is 5.91 Å². The first kappa shape index (κ1) is 18.3. The Morgan fingerprint density at radius 3 is 2.96 bits per heavy atom. The summed E-state index contributed by atoms with van der Waals surface area (Å²) in [6, 6.07) is 7.70. The fourth-order valence-electron chi connectivity index (χ4n) is 2.39. The zero-order chi connectivity index (χ0) is 18.5. The molecule has 26 heavy (non-hydrogen) atoms. The molecular weight excluding hydrogens is 366 g/mol. The smallest absolute Gasteiger partial charge is 0.234 e. The summed E-state index contributed by atoms with van der Waals surface area (Å²) >= 11 is 2.97. The number of hydrogen-bond donors (Lipinski definition) is 1. The minimum absolute atomic E-state index is 0.0904. The number of thiazole rings is 1. The summed E-state index contributed by atoms with van der Waals surface area (Å²) in [5.74, 6) is 0.974. The van der Waals surface area contributed by atoms with Gasteiger partial charge in [-0.25, -0.2) is 4.98 Å². The Morgan fingerprint density at radius 2 is 2.23 bits per heavy atom. The van der Waals surface area contributed by atoms with Crippen molar-refractivity contribution in [2.24, 2.45) is 0 Å². The van der Waals surface area contributed by atoms with E-state index in [1.54, 1.807) is 17.4 Å². The zero-order valence-electron chi connectivity index (χ0n) is 14.6. The van der Waals surface area contributed by atoms with Gasteiger partial charge in [-0.1, -0.05) is 30.0 Å². The minimum Gasteiger partial charge on any atom is -0.325 e. The summed E-state index contributed by atoms with van der Waals surface area (Å²) in [6.45, 7) is 8.21. The van der Waals surface area contributed by atoms with Crippen LogP contribution in [0.15, 0.2) is 47.5 Å². The highest BCUT2D eigenvalue weighted by molar-refractivity contribution is 7.99. The van der Waals surface area contributed by atoms with Gasteiger partial charge in [0.15, 0.2) is 5.16 Å². The lowest BCUT2D eigenvalue weighted by Gasteiger charge is -2.07. The highest BCUT2D eigenvalue weighted by Gasteiger charge is 2.11. The second-order valence-corrected chi connectivity index (χ2v) is 7.60. The SMILES string of the molecule is C=CCn1c(C)nnc1SCC(=O)Nc1cccc(-c2csc(C)n2)c1. The Hall–Kier alpha value is -2.45. The average molecular weight is 386 g/mol. The van der Waals surface area contributed by atoms with E-state index in [1.807, 2.05) is 48.1 Å².